The molecule has 0 saturated heterocycles. The van der Waals surface area contributed by atoms with Crippen LogP contribution in [0.3, 0.4) is 0 Å². The van der Waals surface area contributed by atoms with E-state index < -0.39 is 68.3 Å². The van der Waals surface area contributed by atoms with E-state index in [4.69, 9.17) is 4.55 Å². The standard InChI is InChI=1S/C14H24F6O6S2/c1-2-3-4-5-6-9-12(14(18,19)20,28(24,25)26)10-7-8-11(13(15,16)17)27(21,22)23/h11H,2-10H2,1H3,(H,21,22,23)(H,24,25,26). The van der Waals surface area contributed by atoms with Crippen molar-refractivity contribution in [1.82, 2.24) is 0 Å². The van der Waals surface area contributed by atoms with E-state index in [9.17, 15) is 47.7 Å². The second kappa shape index (κ2) is 9.94. The Morgan fingerprint density at radius 1 is 0.786 bits per heavy atom. The Kier molecular flexibility index (Phi) is 9.72. The molecule has 0 amide bonds. The highest BCUT2D eigenvalue weighted by molar-refractivity contribution is 7.87. The third kappa shape index (κ3) is 7.67. The van der Waals surface area contributed by atoms with E-state index in [1.165, 1.54) is 0 Å². The molecule has 170 valence electrons. The van der Waals surface area contributed by atoms with Gasteiger partial charge in [-0.2, -0.15) is 43.2 Å². The molecular formula is C14H24F6O6S2. The fourth-order valence-corrected chi connectivity index (χ4v) is 4.78. The molecule has 0 spiro atoms. The van der Waals surface area contributed by atoms with Gasteiger partial charge in [-0.1, -0.05) is 39.0 Å². The van der Waals surface area contributed by atoms with Gasteiger partial charge in [-0.15, -0.1) is 0 Å². The van der Waals surface area contributed by atoms with Gasteiger partial charge in [0.25, 0.3) is 20.2 Å². The monoisotopic (exact) mass is 466 g/mol. The van der Waals surface area contributed by atoms with Crippen molar-refractivity contribution in [2.75, 3.05) is 0 Å². The van der Waals surface area contributed by atoms with Gasteiger partial charge in [0.05, 0.1) is 0 Å². The molecular weight excluding hydrogens is 442 g/mol. The van der Waals surface area contributed by atoms with Gasteiger partial charge in [0.1, 0.15) is 0 Å². The minimum absolute atomic E-state index is 0.220. The molecule has 0 aliphatic rings. The number of halogens is 6. The molecule has 2 atom stereocenters. The Bertz CT molecular complexity index is 686. The summed E-state index contributed by atoms with van der Waals surface area (Å²) in [6.45, 7) is 1.84. The Morgan fingerprint density at radius 3 is 1.61 bits per heavy atom. The summed E-state index contributed by atoms with van der Waals surface area (Å²) in [7, 11) is -11.4. The van der Waals surface area contributed by atoms with Crippen LogP contribution in [0.25, 0.3) is 0 Å². The first-order valence-corrected chi connectivity index (χ1v) is 11.4. The predicted octanol–water partition coefficient (Wildman–Crippen LogP) is 4.52. The van der Waals surface area contributed by atoms with E-state index in [1.807, 2.05) is 6.92 Å². The quantitative estimate of drug-likeness (QED) is 0.249. The maximum absolute atomic E-state index is 13.5. The number of hydrogen-bond acceptors (Lipinski definition) is 4. The van der Waals surface area contributed by atoms with Crippen LogP contribution in [0.5, 0.6) is 0 Å². The Morgan fingerprint density at radius 2 is 1.25 bits per heavy atom. The minimum atomic E-state index is -5.76. The van der Waals surface area contributed by atoms with E-state index >= 15 is 0 Å². The molecule has 0 aliphatic heterocycles. The van der Waals surface area contributed by atoms with Crippen LogP contribution in [0, 0.1) is 0 Å². The van der Waals surface area contributed by atoms with Crippen LogP contribution in [-0.4, -0.2) is 48.3 Å². The third-order valence-electron chi connectivity index (χ3n) is 4.47. The molecule has 2 unspecified atom stereocenters. The zero-order valence-electron chi connectivity index (χ0n) is 15.1. The highest BCUT2D eigenvalue weighted by Crippen LogP contribution is 2.45. The summed E-state index contributed by atoms with van der Waals surface area (Å²) in [4.78, 5) is 0. The topological polar surface area (TPSA) is 109 Å². The summed E-state index contributed by atoms with van der Waals surface area (Å²) in [6.07, 6.45) is -14.2. The van der Waals surface area contributed by atoms with Gasteiger partial charge < -0.3 is 0 Å². The van der Waals surface area contributed by atoms with Gasteiger partial charge in [-0.25, -0.2) is 0 Å². The summed E-state index contributed by atoms with van der Waals surface area (Å²) in [5.74, 6) is 0. The normalized spacial score (nSPS) is 17.3. The van der Waals surface area contributed by atoms with Crippen LogP contribution < -0.4 is 0 Å². The zero-order chi connectivity index (χ0) is 22.4. The first-order chi connectivity index (χ1) is 12.4. The summed E-state index contributed by atoms with van der Waals surface area (Å²) < 4.78 is 138. The van der Waals surface area contributed by atoms with Crippen molar-refractivity contribution in [3.63, 3.8) is 0 Å². The van der Waals surface area contributed by atoms with Crippen LogP contribution >= 0.6 is 0 Å². The van der Waals surface area contributed by atoms with Gasteiger partial charge in [0.15, 0.2) is 10.00 Å². The average molecular weight is 466 g/mol. The fraction of sp³-hybridized carbons (Fsp3) is 1.00. The molecule has 0 rings (SSSR count). The fourth-order valence-electron chi connectivity index (χ4n) is 2.88. The number of hydrogen-bond donors (Lipinski definition) is 2. The predicted molar refractivity (Wildman–Crippen MR) is 89.0 cm³/mol. The van der Waals surface area contributed by atoms with Gasteiger partial charge in [-0.3, -0.25) is 9.11 Å². The molecule has 0 fully saturated rings. The second-order valence-corrected chi connectivity index (χ2v) is 9.90. The molecule has 6 nitrogen and oxygen atoms in total. The lowest BCUT2D eigenvalue weighted by Crippen LogP contribution is -2.52. The van der Waals surface area contributed by atoms with E-state index in [0.717, 1.165) is 6.42 Å². The van der Waals surface area contributed by atoms with E-state index in [-0.39, 0.29) is 12.8 Å². The summed E-state index contributed by atoms with van der Waals surface area (Å²) in [5, 5.41) is -3.35. The van der Waals surface area contributed by atoms with Crippen molar-refractivity contribution < 1.29 is 52.3 Å². The molecule has 2 N–H and O–H groups in total. The van der Waals surface area contributed by atoms with Crippen molar-refractivity contribution >= 4 is 20.2 Å². The Balaban J connectivity index is 5.54. The lowest BCUT2D eigenvalue weighted by atomic mass is 9.92. The maximum atomic E-state index is 13.5. The van der Waals surface area contributed by atoms with E-state index in [2.05, 4.69) is 0 Å². The molecule has 0 radical (unpaired) electrons. The highest BCUT2D eigenvalue weighted by Gasteiger charge is 2.62. The van der Waals surface area contributed by atoms with Crippen LogP contribution in [0.4, 0.5) is 26.3 Å². The van der Waals surface area contributed by atoms with Crippen LogP contribution in [0.1, 0.15) is 64.7 Å². The number of alkyl halides is 6. The largest absolute Gasteiger partial charge is 0.410 e. The van der Waals surface area contributed by atoms with Crippen LogP contribution in [0.2, 0.25) is 0 Å². The van der Waals surface area contributed by atoms with Gasteiger partial charge in [-0.05, 0) is 25.7 Å². The summed E-state index contributed by atoms with van der Waals surface area (Å²) in [5.41, 5.74) is 0. The van der Waals surface area contributed by atoms with Gasteiger partial charge in [0.2, 0.25) is 0 Å². The molecule has 14 heteroatoms. The van der Waals surface area contributed by atoms with Crippen molar-refractivity contribution in [3.05, 3.63) is 0 Å². The molecule has 0 saturated carbocycles. The SMILES string of the molecule is CCCCCCCC(CCCC(C(F)(F)F)S(=O)(=O)O)(C(F)(F)F)S(=O)(=O)O. The smallest absolute Gasteiger partial charge is 0.285 e. The molecule has 0 bridgehead atoms. The third-order valence-corrected chi connectivity index (χ3v) is 7.32. The first-order valence-electron chi connectivity index (χ1n) is 8.47. The van der Waals surface area contributed by atoms with Crippen molar-refractivity contribution in [2.45, 2.75) is 87.1 Å². The lowest BCUT2D eigenvalue weighted by molar-refractivity contribution is -0.168. The minimum Gasteiger partial charge on any atom is -0.285 e. The number of rotatable bonds is 12. The molecule has 0 aromatic carbocycles. The van der Waals surface area contributed by atoms with Gasteiger partial charge >= 0.3 is 12.4 Å². The van der Waals surface area contributed by atoms with Crippen molar-refractivity contribution in [1.29, 1.82) is 0 Å². The van der Waals surface area contributed by atoms with Crippen LogP contribution in [0.15, 0.2) is 0 Å². The van der Waals surface area contributed by atoms with E-state index in [1.54, 1.807) is 0 Å². The summed E-state index contributed by atoms with van der Waals surface area (Å²) in [6, 6.07) is 0. The molecule has 0 aromatic heterocycles. The molecule has 0 aliphatic carbocycles. The Hall–Kier alpha value is -0.600. The Labute approximate surface area is 160 Å². The number of unbranched alkanes of at least 4 members (excludes halogenated alkanes) is 4. The van der Waals surface area contributed by atoms with Crippen molar-refractivity contribution in [2.24, 2.45) is 0 Å². The van der Waals surface area contributed by atoms with Crippen molar-refractivity contribution in [3.8, 4) is 0 Å². The molecule has 0 heterocycles. The zero-order valence-corrected chi connectivity index (χ0v) is 16.7. The molecule has 0 aromatic rings. The first kappa shape index (κ1) is 27.4. The molecule has 28 heavy (non-hydrogen) atoms. The average Bonchev–Trinajstić information content (AvgIpc) is 2.43. The highest BCUT2D eigenvalue weighted by atomic mass is 32.2. The maximum Gasteiger partial charge on any atom is 0.410 e. The summed E-state index contributed by atoms with van der Waals surface area (Å²) >= 11 is 0. The van der Waals surface area contributed by atoms with E-state index in [0.29, 0.717) is 12.8 Å². The van der Waals surface area contributed by atoms with Crippen LogP contribution in [-0.2, 0) is 20.2 Å². The lowest BCUT2D eigenvalue weighted by Gasteiger charge is -2.33. The van der Waals surface area contributed by atoms with Gasteiger partial charge in [0, 0.05) is 0 Å². The second-order valence-electron chi connectivity index (χ2n) is 6.57.